The highest BCUT2D eigenvalue weighted by atomic mass is 32.2. The zero-order chi connectivity index (χ0) is 21.2. The summed E-state index contributed by atoms with van der Waals surface area (Å²) in [4.78, 5) is 23.6. The maximum atomic E-state index is 11.8. The Bertz CT molecular complexity index is 1190. The number of nitrogens with one attached hydrogen (secondary N) is 1. The maximum Gasteiger partial charge on any atom is 0.290 e. The molecular weight excluding hydrogens is 406 g/mol. The van der Waals surface area contributed by atoms with Crippen LogP contribution >= 0.6 is 11.8 Å². The number of thioether (sulfide) groups is 1. The summed E-state index contributed by atoms with van der Waals surface area (Å²) < 4.78 is 0. The van der Waals surface area contributed by atoms with Gasteiger partial charge in [0, 0.05) is 6.42 Å². The summed E-state index contributed by atoms with van der Waals surface area (Å²) in [7, 11) is 0. The maximum absolute atomic E-state index is 11.8. The summed E-state index contributed by atoms with van der Waals surface area (Å²) in [6.45, 7) is 0. The van der Waals surface area contributed by atoms with Crippen molar-refractivity contribution < 1.29 is 9.59 Å². The van der Waals surface area contributed by atoms with Gasteiger partial charge in [0.05, 0.1) is 22.3 Å². The second kappa shape index (κ2) is 8.24. The molecule has 1 unspecified atom stereocenters. The molecule has 2 aliphatic rings. The van der Waals surface area contributed by atoms with Crippen LogP contribution in [0.15, 0.2) is 94.9 Å². The van der Waals surface area contributed by atoms with Gasteiger partial charge in [0.25, 0.3) is 11.1 Å². The number of anilines is 1. The van der Waals surface area contributed by atoms with Crippen LogP contribution in [0.5, 0.6) is 0 Å². The Hall–Kier alpha value is -3.64. The van der Waals surface area contributed by atoms with E-state index in [9.17, 15) is 9.59 Å². The molecule has 1 N–H and O–H groups in total. The molecule has 1 atom stereocenters. The van der Waals surface area contributed by atoms with Gasteiger partial charge >= 0.3 is 0 Å². The van der Waals surface area contributed by atoms with Crippen molar-refractivity contribution >= 4 is 40.4 Å². The fraction of sp³-hybridized carbons (Fsp3) is 0.0800. The van der Waals surface area contributed by atoms with Gasteiger partial charge in [-0.05, 0) is 46.7 Å². The SMILES string of the molecule is O=C1NC(=O)C(=Cc2ccc(N3N=C(c4ccccc4)CC3c3ccccc3)cc2)S1. The summed E-state index contributed by atoms with van der Waals surface area (Å²) in [6.07, 6.45) is 2.55. The summed E-state index contributed by atoms with van der Waals surface area (Å²) in [5.74, 6) is -0.347. The van der Waals surface area contributed by atoms with Crippen LogP contribution in [0, 0.1) is 0 Å². The van der Waals surface area contributed by atoms with Crippen molar-refractivity contribution in [2.45, 2.75) is 12.5 Å². The van der Waals surface area contributed by atoms with Crippen LogP contribution < -0.4 is 10.3 Å². The lowest BCUT2D eigenvalue weighted by Gasteiger charge is -2.24. The summed E-state index contributed by atoms with van der Waals surface area (Å²) in [5.41, 5.74) is 5.22. The molecule has 31 heavy (non-hydrogen) atoms. The van der Waals surface area contributed by atoms with Crippen molar-refractivity contribution in [1.29, 1.82) is 0 Å². The molecule has 2 heterocycles. The number of nitrogens with zero attached hydrogens (tertiary/aromatic N) is 2. The molecule has 6 heteroatoms. The van der Waals surface area contributed by atoms with Crippen LogP contribution in [0.25, 0.3) is 6.08 Å². The second-order valence-corrected chi connectivity index (χ2v) is 8.35. The molecule has 0 bridgehead atoms. The van der Waals surface area contributed by atoms with Crippen LogP contribution in [0.2, 0.25) is 0 Å². The van der Waals surface area contributed by atoms with Gasteiger partial charge in [0.1, 0.15) is 0 Å². The minimum atomic E-state index is -0.347. The van der Waals surface area contributed by atoms with Crippen LogP contribution in [-0.2, 0) is 4.79 Å². The molecule has 0 spiro atoms. The minimum Gasteiger partial charge on any atom is -0.282 e. The molecule has 5 nitrogen and oxygen atoms in total. The average molecular weight is 426 g/mol. The molecule has 1 saturated heterocycles. The summed E-state index contributed by atoms with van der Waals surface area (Å²) >= 11 is 0.923. The first-order chi connectivity index (χ1) is 15.2. The first-order valence-electron chi connectivity index (χ1n) is 9.99. The van der Waals surface area contributed by atoms with E-state index in [2.05, 4.69) is 46.7 Å². The largest absolute Gasteiger partial charge is 0.290 e. The van der Waals surface area contributed by atoms with E-state index in [0.29, 0.717) is 4.91 Å². The van der Waals surface area contributed by atoms with Crippen LogP contribution in [-0.4, -0.2) is 16.9 Å². The number of imide groups is 1. The Morgan fingerprint density at radius 3 is 2.23 bits per heavy atom. The van der Waals surface area contributed by atoms with Gasteiger partial charge in [0.15, 0.2) is 0 Å². The Morgan fingerprint density at radius 2 is 1.58 bits per heavy atom. The monoisotopic (exact) mass is 425 g/mol. The molecule has 3 aromatic carbocycles. The number of carbonyl (C=O) groups excluding carboxylic acids is 2. The van der Waals surface area contributed by atoms with Gasteiger partial charge in [-0.25, -0.2) is 0 Å². The minimum absolute atomic E-state index is 0.106. The number of benzene rings is 3. The Labute approximate surface area is 184 Å². The molecule has 2 amide bonds. The lowest BCUT2D eigenvalue weighted by atomic mass is 9.98. The average Bonchev–Trinajstić information content (AvgIpc) is 3.39. The van der Waals surface area contributed by atoms with Crippen molar-refractivity contribution in [3.05, 3.63) is 107 Å². The molecule has 5 rings (SSSR count). The van der Waals surface area contributed by atoms with Crippen molar-refractivity contribution in [2.75, 3.05) is 5.01 Å². The van der Waals surface area contributed by atoms with Crippen molar-refractivity contribution in [3.8, 4) is 0 Å². The molecule has 2 aliphatic heterocycles. The van der Waals surface area contributed by atoms with Crippen molar-refractivity contribution in [1.82, 2.24) is 5.32 Å². The Morgan fingerprint density at radius 1 is 0.903 bits per heavy atom. The second-order valence-electron chi connectivity index (χ2n) is 7.33. The van der Waals surface area contributed by atoms with E-state index in [0.717, 1.165) is 40.7 Å². The molecule has 0 aliphatic carbocycles. The van der Waals surface area contributed by atoms with Gasteiger partial charge in [0.2, 0.25) is 0 Å². The Kier molecular flexibility index (Phi) is 5.14. The lowest BCUT2D eigenvalue weighted by molar-refractivity contribution is -0.115. The zero-order valence-electron chi connectivity index (χ0n) is 16.6. The van der Waals surface area contributed by atoms with E-state index in [1.807, 2.05) is 48.5 Å². The zero-order valence-corrected chi connectivity index (χ0v) is 17.4. The first-order valence-corrected chi connectivity index (χ1v) is 10.8. The number of hydrazone groups is 1. The number of rotatable bonds is 4. The molecular formula is C25H19N3O2S. The third-order valence-corrected chi connectivity index (χ3v) is 6.11. The predicted molar refractivity (Wildman–Crippen MR) is 125 cm³/mol. The topological polar surface area (TPSA) is 61.8 Å². The van der Waals surface area contributed by atoms with Gasteiger partial charge in [-0.2, -0.15) is 5.10 Å². The molecule has 1 fully saturated rings. The van der Waals surface area contributed by atoms with Gasteiger partial charge in [-0.3, -0.25) is 19.9 Å². The predicted octanol–water partition coefficient (Wildman–Crippen LogP) is 5.37. The highest BCUT2D eigenvalue weighted by molar-refractivity contribution is 8.18. The Balaban J connectivity index is 1.47. The quantitative estimate of drug-likeness (QED) is 0.571. The summed E-state index contributed by atoms with van der Waals surface area (Å²) in [6, 6.07) is 28.6. The molecule has 152 valence electrons. The smallest absolute Gasteiger partial charge is 0.282 e. The van der Waals surface area contributed by atoms with Crippen molar-refractivity contribution in [3.63, 3.8) is 0 Å². The molecule has 0 aromatic heterocycles. The molecule has 0 radical (unpaired) electrons. The normalized spacial score (nSPS) is 19.6. The molecule has 3 aromatic rings. The fourth-order valence-electron chi connectivity index (χ4n) is 3.78. The first kappa shape index (κ1) is 19.3. The lowest BCUT2D eigenvalue weighted by Crippen LogP contribution is -2.18. The van der Waals surface area contributed by atoms with Gasteiger partial charge in [-0.15, -0.1) is 0 Å². The van der Waals surface area contributed by atoms with E-state index in [1.54, 1.807) is 6.08 Å². The van der Waals surface area contributed by atoms with Crippen LogP contribution in [0.4, 0.5) is 10.5 Å². The molecule has 0 saturated carbocycles. The number of hydrogen-bond donors (Lipinski definition) is 1. The fourth-order valence-corrected chi connectivity index (χ4v) is 4.47. The summed E-state index contributed by atoms with van der Waals surface area (Å²) in [5, 5.41) is 8.97. The number of carbonyl (C=O) groups is 2. The van der Waals surface area contributed by atoms with E-state index in [4.69, 9.17) is 5.10 Å². The third-order valence-electron chi connectivity index (χ3n) is 5.30. The third kappa shape index (κ3) is 4.02. The van der Waals surface area contributed by atoms with E-state index >= 15 is 0 Å². The van der Waals surface area contributed by atoms with Crippen LogP contribution in [0.3, 0.4) is 0 Å². The number of hydrogen-bond acceptors (Lipinski definition) is 5. The van der Waals surface area contributed by atoms with Gasteiger partial charge < -0.3 is 0 Å². The van der Waals surface area contributed by atoms with Crippen LogP contribution in [0.1, 0.15) is 29.2 Å². The highest BCUT2D eigenvalue weighted by Gasteiger charge is 2.30. The van der Waals surface area contributed by atoms with E-state index in [1.165, 1.54) is 5.56 Å². The number of amides is 2. The standard InChI is InChI=1S/C25H19N3O2S/c29-24-23(31-25(30)26-24)15-17-11-13-20(14-12-17)28-22(19-9-5-2-6-10-19)16-21(27-28)18-7-3-1-4-8-18/h1-15,22H,16H2,(H,26,29,30). The highest BCUT2D eigenvalue weighted by Crippen LogP contribution is 2.37. The van der Waals surface area contributed by atoms with E-state index < -0.39 is 0 Å². The van der Waals surface area contributed by atoms with Gasteiger partial charge in [-0.1, -0.05) is 72.8 Å². The van der Waals surface area contributed by atoms with E-state index in [-0.39, 0.29) is 17.2 Å². The van der Waals surface area contributed by atoms with Crippen molar-refractivity contribution in [2.24, 2.45) is 5.10 Å².